The Bertz CT molecular complexity index is 6020. The lowest BCUT2D eigenvalue weighted by Crippen LogP contribution is -2.10. The van der Waals surface area contributed by atoms with Crippen molar-refractivity contribution in [3.8, 4) is 134 Å². The first-order valence-corrected chi connectivity index (χ1v) is 44.2. The van der Waals surface area contributed by atoms with Gasteiger partial charge in [0, 0.05) is 44.2 Å². The third kappa shape index (κ3) is 18.5. The van der Waals surface area contributed by atoms with Gasteiger partial charge in [-0.3, -0.25) is 0 Å². The zero-order valence-electron chi connectivity index (χ0n) is 70.7. The van der Waals surface area contributed by atoms with Crippen molar-refractivity contribution in [3.05, 3.63) is 432 Å². The molecule has 0 saturated carbocycles. The molecule has 0 radical (unpaired) electrons. The lowest BCUT2D eigenvalue weighted by atomic mass is 9.86. The van der Waals surface area contributed by atoms with Gasteiger partial charge in [0.2, 0.25) is 0 Å². The molecule has 0 spiro atoms. The molecule has 0 N–H and O–H groups in total. The van der Waals surface area contributed by atoms with Crippen LogP contribution in [0.4, 0.5) is 34.1 Å². The summed E-state index contributed by atoms with van der Waals surface area (Å²) in [5.41, 5.74) is 43.5. The highest BCUT2D eigenvalue weighted by Gasteiger charge is 2.22. The minimum atomic E-state index is 0.741. The first kappa shape index (κ1) is 81.3. The topological polar surface area (TPSA) is 6.48 Å². The lowest BCUT2D eigenvalue weighted by molar-refractivity contribution is 0.664. The number of nitrogens with zero attached hydrogens (tertiary/aromatic N) is 2. The van der Waals surface area contributed by atoms with E-state index >= 15 is 0 Å². The van der Waals surface area contributed by atoms with E-state index in [4.69, 9.17) is 23.2 Å². The van der Waals surface area contributed by atoms with Crippen LogP contribution in [-0.2, 0) is 12.8 Å². The van der Waals surface area contributed by atoms with Crippen LogP contribution >= 0.6 is 23.2 Å². The molecule has 0 fully saturated rings. The van der Waals surface area contributed by atoms with Gasteiger partial charge in [-0.1, -0.05) is 367 Å². The van der Waals surface area contributed by atoms with Crippen LogP contribution in [0.2, 0.25) is 10.0 Å². The Morgan fingerprint density at radius 1 is 0.180 bits per heavy atom. The Morgan fingerprint density at radius 2 is 0.377 bits per heavy atom. The highest BCUT2D eigenvalue weighted by Crippen LogP contribution is 2.45. The largest absolute Gasteiger partial charge is 0.310 e. The minimum Gasteiger partial charge on any atom is -0.310 e. The molecule has 598 valence electrons. The standard InChI is InChI=1S/C118H102Cl2N2/c1-7-9-11-15-25-103-79-118(102-49-37-90(38-50-102)88-29-41-98(42-30-88)114-72-68-110(76-82(114)4)122(108-65-57-96(58-66-108)86-23-19-14-20-24-86)112-70-74-116(84(6)78-112)100-45-33-92(34-46-100)94-53-61-106(120)62-54-94)104(26-16-12-10-8-2)80-117(103)101-47-35-89(36-48-101)87-27-39-97(40-28-87)113-71-67-109(75-81(113)3)121(107-63-55-95(56-64-107)85-21-17-13-18-22-85)111-69-73-115(83(5)77-111)99-43-31-91(32-44-99)93-51-59-105(119)60-52-93/h13-14,17-24,27-80H,7-12,15-16,25-26H2,1-6H3. The summed E-state index contributed by atoms with van der Waals surface area (Å²) in [7, 11) is 0. The third-order valence-corrected chi connectivity index (χ3v) is 25.0. The second kappa shape index (κ2) is 37.7. The highest BCUT2D eigenvalue weighted by atomic mass is 35.5. The molecule has 0 aliphatic carbocycles. The van der Waals surface area contributed by atoms with Crippen molar-refractivity contribution in [2.75, 3.05) is 9.80 Å². The van der Waals surface area contributed by atoms with E-state index < -0.39 is 0 Å². The molecule has 17 aromatic rings. The van der Waals surface area contributed by atoms with E-state index in [1.807, 2.05) is 24.3 Å². The summed E-state index contributed by atoms with van der Waals surface area (Å²) in [5.74, 6) is 0. The summed E-state index contributed by atoms with van der Waals surface area (Å²) < 4.78 is 0. The molecule has 0 saturated heterocycles. The second-order valence-corrected chi connectivity index (χ2v) is 33.6. The van der Waals surface area contributed by atoms with E-state index in [1.165, 1.54) is 196 Å². The first-order chi connectivity index (χ1) is 59.8. The van der Waals surface area contributed by atoms with E-state index in [0.29, 0.717) is 0 Å². The Labute approximate surface area is 732 Å². The van der Waals surface area contributed by atoms with Crippen molar-refractivity contribution in [1.29, 1.82) is 0 Å². The van der Waals surface area contributed by atoms with Gasteiger partial charge in [-0.15, -0.1) is 0 Å². The van der Waals surface area contributed by atoms with Crippen molar-refractivity contribution in [1.82, 2.24) is 0 Å². The molecule has 0 unspecified atom stereocenters. The van der Waals surface area contributed by atoms with Crippen molar-refractivity contribution in [2.24, 2.45) is 0 Å². The number of unbranched alkanes of at least 4 members (excludes halogenated alkanes) is 6. The zero-order chi connectivity index (χ0) is 83.4. The fraction of sp³-hybridized carbons (Fsp3) is 0.136. The predicted molar refractivity (Wildman–Crippen MR) is 526 cm³/mol. The summed E-state index contributed by atoms with van der Waals surface area (Å²) >= 11 is 12.5. The molecule has 0 aliphatic heterocycles. The molecule has 0 bridgehead atoms. The van der Waals surface area contributed by atoms with E-state index in [1.54, 1.807) is 0 Å². The lowest BCUT2D eigenvalue weighted by Gasteiger charge is -2.27. The smallest absolute Gasteiger partial charge is 0.0464 e. The highest BCUT2D eigenvalue weighted by molar-refractivity contribution is 6.31. The quantitative estimate of drug-likeness (QED) is 0.0451. The van der Waals surface area contributed by atoms with E-state index in [9.17, 15) is 0 Å². The first-order valence-electron chi connectivity index (χ1n) is 43.5. The van der Waals surface area contributed by atoms with Gasteiger partial charge in [-0.2, -0.15) is 0 Å². The molecule has 0 aliphatic rings. The summed E-state index contributed by atoms with van der Waals surface area (Å²) in [5, 5.41) is 1.48. The van der Waals surface area contributed by atoms with Gasteiger partial charge in [0.25, 0.3) is 0 Å². The van der Waals surface area contributed by atoms with Gasteiger partial charge in [-0.05, 0) is 317 Å². The van der Waals surface area contributed by atoms with Crippen LogP contribution in [0.25, 0.3) is 134 Å². The average molecular weight is 1620 g/mol. The van der Waals surface area contributed by atoms with Crippen LogP contribution < -0.4 is 9.80 Å². The maximum Gasteiger partial charge on any atom is 0.0464 e. The van der Waals surface area contributed by atoms with Gasteiger partial charge in [0.05, 0.1) is 0 Å². The second-order valence-electron chi connectivity index (χ2n) is 32.8. The Kier molecular flexibility index (Phi) is 25.1. The average Bonchev–Trinajstić information content (AvgIpc) is 0.789. The van der Waals surface area contributed by atoms with E-state index in [-0.39, 0.29) is 0 Å². The van der Waals surface area contributed by atoms with Gasteiger partial charge in [-0.25, -0.2) is 0 Å². The van der Waals surface area contributed by atoms with Crippen LogP contribution in [-0.4, -0.2) is 0 Å². The maximum atomic E-state index is 6.24. The van der Waals surface area contributed by atoms with Gasteiger partial charge in [0.15, 0.2) is 0 Å². The van der Waals surface area contributed by atoms with Crippen molar-refractivity contribution >= 4 is 57.3 Å². The van der Waals surface area contributed by atoms with E-state index in [2.05, 4.69) is 415 Å². The Balaban J connectivity index is 0.608. The number of benzene rings is 17. The van der Waals surface area contributed by atoms with Crippen LogP contribution in [0.15, 0.2) is 388 Å². The van der Waals surface area contributed by atoms with Crippen molar-refractivity contribution < 1.29 is 0 Å². The summed E-state index contributed by atoms with van der Waals surface area (Å²) in [4.78, 5) is 4.79. The zero-order valence-corrected chi connectivity index (χ0v) is 72.2. The fourth-order valence-electron chi connectivity index (χ4n) is 17.7. The Morgan fingerprint density at radius 3 is 0.607 bits per heavy atom. The minimum absolute atomic E-state index is 0.741. The predicted octanol–water partition coefficient (Wildman–Crippen LogP) is 35.4. The SMILES string of the molecule is CCCCCCc1cc(-c2ccc(-c3ccc(-c4ccc(N(c5ccc(-c6ccccc6)cc5)c5ccc(-c6ccc(-c7ccc(Cl)cc7)cc6)c(C)c5)cc4C)cc3)cc2)c(CCCCCC)cc1-c1ccc(-c2ccc(-c3ccc(N(c4ccc(-c5ccccc5)cc4)c4ccc(-c5ccc(-c6ccc(Cl)cc6)cc5)c(C)c4)cc3C)cc2)cc1. The molecule has 17 aromatic carbocycles. The molecular weight excluding hydrogens is 1520 g/mol. The van der Waals surface area contributed by atoms with Gasteiger partial charge >= 0.3 is 0 Å². The molecular formula is C118H102Cl2N2. The molecule has 2 nitrogen and oxygen atoms in total. The summed E-state index contributed by atoms with van der Waals surface area (Å²) in [6.45, 7) is 13.6. The number of aryl methyl sites for hydroxylation is 6. The summed E-state index contributed by atoms with van der Waals surface area (Å²) in [6.07, 6.45) is 11.8. The molecule has 0 heterocycles. The number of halogens is 2. The monoisotopic (exact) mass is 1620 g/mol. The van der Waals surface area contributed by atoms with E-state index in [0.717, 1.165) is 79.3 Å². The van der Waals surface area contributed by atoms with Crippen LogP contribution in [0, 0.1) is 27.7 Å². The van der Waals surface area contributed by atoms with Crippen LogP contribution in [0.5, 0.6) is 0 Å². The Hall–Kier alpha value is -13.1. The third-order valence-electron chi connectivity index (χ3n) is 24.5. The molecule has 17 rings (SSSR count). The van der Waals surface area contributed by atoms with Gasteiger partial charge < -0.3 is 9.80 Å². The molecule has 122 heavy (non-hydrogen) atoms. The van der Waals surface area contributed by atoms with Crippen molar-refractivity contribution in [2.45, 2.75) is 106 Å². The molecule has 0 amide bonds. The fourth-order valence-corrected chi connectivity index (χ4v) is 17.9. The number of anilines is 6. The van der Waals surface area contributed by atoms with Crippen LogP contribution in [0.3, 0.4) is 0 Å². The molecule has 0 aromatic heterocycles. The van der Waals surface area contributed by atoms with Gasteiger partial charge in [0.1, 0.15) is 0 Å². The maximum absolute atomic E-state index is 6.24. The molecule has 0 atom stereocenters. The summed E-state index contributed by atoms with van der Waals surface area (Å²) in [6, 6.07) is 143. The van der Waals surface area contributed by atoms with Crippen molar-refractivity contribution in [3.63, 3.8) is 0 Å². The van der Waals surface area contributed by atoms with Crippen LogP contribution in [0.1, 0.15) is 98.6 Å². The number of rotatable bonds is 28. The number of hydrogen-bond acceptors (Lipinski definition) is 2. The number of hydrogen-bond donors (Lipinski definition) is 0. The molecule has 4 heteroatoms. The normalized spacial score (nSPS) is 11.3.